The molecule has 0 spiro atoms. The molecule has 1 rings (SSSR count). The van der Waals surface area contributed by atoms with Crippen LogP contribution < -0.4 is 0 Å². The van der Waals surface area contributed by atoms with Gasteiger partial charge in [-0.2, -0.15) is 0 Å². The molecule has 0 saturated carbocycles. The van der Waals surface area contributed by atoms with Crippen molar-refractivity contribution in [3.05, 3.63) is 35.4 Å². The Balaban J connectivity index is 2.22. The maximum absolute atomic E-state index is 6.03. The highest BCUT2D eigenvalue weighted by Gasteiger charge is 2.10. The van der Waals surface area contributed by atoms with Crippen molar-refractivity contribution in [1.29, 1.82) is 0 Å². The number of hydrogen-bond donors (Lipinski definition) is 0. The van der Waals surface area contributed by atoms with Crippen molar-refractivity contribution in [3.63, 3.8) is 0 Å². The Morgan fingerprint density at radius 3 is 2.53 bits per heavy atom. The maximum atomic E-state index is 6.03. The Morgan fingerprint density at radius 1 is 1.11 bits per heavy atom. The van der Waals surface area contributed by atoms with E-state index in [1.54, 1.807) is 0 Å². The predicted octanol–water partition coefficient (Wildman–Crippen LogP) is 5.85. The van der Waals surface area contributed by atoms with Gasteiger partial charge in [0.25, 0.3) is 0 Å². The molecule has 19 heavy (non-hydrogen) atoms. The van der Waals surface area contributed by atoms with Crippen molar-refractivity contribution >= 4 is 22.6 Å². The molecule has 2 heteroatoms. The van der Waals surface area contributed by atoms with E-state index in [9.17, 15) is 0 Å². The number of alkyl halides is 1. The minimum atomic E-state index is 0.260. The molecule has 0 fully saturated rings. The standard InChI is InChI=1S/C17H27IO/c1-3-4-5-6-7-8-12-19-17(14-18)16-11-9-10-15(2)13-16/h9-11,13,17H,3-8,12,14H2,1-2H3. The fourth-order valence-corrected chi connectivity index (χ4v) is 2.97. The average molecular weight is 374 g/mol. The Hall–Kier alpha value is -0.0900. The fourth-order valence-electron chi connectivity index (χ4n) is 2.21. The molecule has 0 N–H and O–H groups in total. The number of unbranched alkanes of at least 4 members (excludes halogenated alkanes) is 5. The van der Waals surface area contributed by atoms with Crippen molar-refractivity contribution in [3.8, 4) is 0 Å². The quantitative estimate of drug-likeness (QED) is 0.284. The van der Waals surface area contributed by atoms with Gasteiger partial charge in [-0.3, -0.25) is 0 Å². The summed E-state index contributed by atoms with van der Waals surface area (Å²) < 4.78 is 7.06. The highest BCUT2D eigenvalue weighted by molar-refractivity contribution is 14.1. The highest BCUT2D eigenvalue weighted by Crippen LogP contribution is 2.21. The molecule has 1 aromatic carbocycles. The van der Waals surface area contributed by atoms with Gasteiger partial charge in [0.1, 0.15) is 0 Å². The van der Waals surface area contributed by atoms with Crippen molar-refractivity contribution in [1.82, 2.24) is 0 Å². The monoisotopic (exact) mass is 374 g/mol. The molecule has 0 aliphatic carbocycles. The first-order valence-corrected chi connectivity index (χ1v) is 9.04. The Bertz CT molecular complexity index is 338. The summed E-state index contributed by atoms with van der Waals surface area (Å²) in [5.41, 5.74) is 2.64. The summed E-state index contributed by atoms with van der Waals surface area (Å²) in [6, 6.07) is 8.68. The molecule has 0 aliphatic heterocycles. The van der Waals surface area contributed by atoms with Gasteiger partial charge in [-0.05, 0) is 18.9 Å². The molecule has 1 nitrogen and oxygen atoms in total. The summed E-state index contributed by atoms with van der Waals surface area (Å²) in [7, 11) is 0. The first-order chi connectivity index (χ1) is 9.27. The predicted molar refractivity (Wildman–Crippen MR) is 92.1 cm³/mol. The van der Waals surface area contributed by atoms with Gasteiger partial charge in [0, 0.05) is 11.0 Å². The molecule has 0 amide bonds. The van der Waals surface area contributed by atoms with Gasteiger partial charge in [0.2, 0.25) is 0 Å². The Morgan fingerprint density at radius 2 is 1.84 bits per heavy atom. The molecule has 1 unspecified atom stereocenters. The second kappa shape index (κ2) is 10.7. The molecule has 0 aromatic heterocycles. The van der Waals surface area contributed by atoms with Gasteiger partial charge < -0.3 is 4.74 Å². The van der Waals surface area contributed by atoms with Gasteiger partial charge in [-0.1, -0.05) is 91.4 Å². The lowest BCUT2D eigenvalue weighted by molar-refractivity contribution is 0.0678. The van der Waals surface area contributed by atoms with E-state index in [1.807, 2.05) is 0 Å². The van der Waals surface area contributed by atoms with E-state index in [1.165, 1.54) is 49.7 Å². The van der Waals surface area contributed by atoms with Crippen molar-refractivity contribution in [2.75, 3.05) is 11.0 Å². The summed E-state index contributed by atoms with van der Waals surface area (Å²) in [6.45, 7) is 5.30. The second-order valence-corrected chi connectivity index (χ2v) is 6.08. The zero-order valence-electron chi connectivity index (χ0n) is 12.3. The van der Waals surface area contributed by atoms with Gasteiger partial charge in [0.05, 0.1) is 6.10 Å². The van der Waals surface area contributed by atoms with Crippen LogP contribution in [0.15, 0.2) is 24.3 Å². The van der Waals surface area contributed by atoms with E-state index < -0.39 is 0 Å². The number of halogens is 1. The van der Waals surface area contributed by atoms with Crippen molar-refractivity contribution in [2.45, 2.75) is 58.5 Å². The first kappa shape index (κ1) is 17.0. The summed E-state index contributed by atoms with van der Waals surface area (Å²) in [6.07, 6.45) is 8.20. The van der Waals surface area contributed by atoms with Crippen LogP contribution in [0.2, 0.25) is 0 Å². The zero-order valence-corrected chi connectivity index (χ0v) is 14.5. The minimum Gasteiger partial charge on any atom is -0.373 e. The number of aryl methyl sites for hydroxylation is 1. The van der Waals surface area contributed by atoms with Crippen LogP contribution in [0.3, 0.4) is 0 Å². The van der Waals surface area contributed by atoms with Gasteiger partial charge >= 0.3 is 0 Å². The molecule has 0 bridgehead atoms. The van der Waals surface area contributed by atoms with Crippen LogP contribution in [0, 0.1) is 6.92 Å². The maximum Gasteiger partial charge on any atom is 0.0914 e. The largest absolute Gasteiger partial charge is 0.373 e. The number of rotatable bonds is 10. The van der Waals surface area contributed by atoms with Crippen LogP contribution in [-0.2, 0) is 4.74 Å². The van der Waals surface area contributed by atoms with E-state index in [-0.39, 0.29) is 6.10 Å². The normalized spacial score (nSPS) is 12.6. The fraction of sp³-hybridized carbons (Fsp3) is 0.647. The Labute approximate surface area is 132 Å². The smallest absolute Gasteiger partial charge is 0.0914 e. The van der Waals surface area contributed by atoms with Crippen LogP contribution in [0.25, 0.3) is 0 Å². The van der Waals surface area contributed by atoms with Crippen molar-refractivity contribution < 1.29 is 4.74 Å². The van der Waals surface area contributed by atoms with Crippen LogP contribution in [0.4, 0.5) is 0 Å². The minimum absolute atomic E-state index is 0.260. The zero-order chi connectivity index (χ0) is 13.9. The molecule has 0 heterocycles. The third-order valence-electron chi connectivity index (χ3n) is 3.37. The summed E-state index contributed by atoms with van der Waals surface area (Å²) in [5, 5.41) is 0. The SMILES string of the molecule is CCCCCCCCOC(CI)c1cccc(C)c1. The summed E-state index contributed by atoms with van der Waals surface area (Å²) in [5.74, 6) is 0. The van der Waals surface area contributed by atoms with E-state index >= 15 is 0 Å². The summed E-state index contributed by atoms with van der Waals surface area (Å²) in [4.78, 5) is 0. The van der Waals surface area contributed by atoms with Crippen LogP contribution in [-0.4, -0.2) is 11.0 Å². The van der Waals surface area contributed by atoms with Gasteiger partial charge in [-0.25, -0.2) is 0 Å². The van der Waals surface area contributed by atoms with Crippen LogP contribution >= 0.6 is 22.6 Å². The average Bonchev–Trinajstić information content (AvgIpc) is 2.42. The molecule has 1 atom stereocenters. The van der Waals surface area contributed by atoms with E-state index in [0.29, 0.717) is 0 Å². The molecule has 0 saturated heterocycles. The van der Waals surface area contributed by atoms with E-state index in [2.05, 4.69) is 60.7 Å². The van der Waals surface area contributed by atoms with E-state index in [0.717, 1.165) is 11.0 Å². The van der Waals surface area contributed by atoms with Crippen molar-refractivity contribution in [2.24, 2.45) is 0 Å². The lowest BCUT2D eigenvalue weighted by Gasteiger charge is -2.16. The molecule has 0 radical (unpaired) electrons. The third-order valence-corrected chi connectivity index (χ3v) is 4.17. The summed E-state index contributed by atoms with van der Waals surface area (Å²) >= 11 is 2.42. The lowest BCUT2D eigenvalue weighted by Crippen LogP contribution is -2.07. The van der Waals surface area contributed by atoms with Gasteiger partial charge in [0.15, 0.2) is 0 Å². The van der Waals surface area contributed by atoms with E-state index in [4.69, 9.17) is 4.74 Å². The second-order valence-electron chi connectivity index (χ2n) is 5.20. The highest BCUT2D eigenvalue weighted by atomic mass is 127. The molecular formula is C17H27IO. The Kier molecular flexibility index (Phi) is 9.52. The number of ether oxygens (including phenoxy) is 1. The number of benzene rings is 1. The molecule has 0 aliphatic rings. The number of hydrogen-bond acceptors (Lipinski definition) is 1. The third kappa shape index (κ3) is 7.31. The first-order valence-electron chi connectivity index (χ1n) is 7.52. The lowest BCUT2D eigenvalue weighted by atomic mass is 10.1. The van der Waals surface area contributed by atoms with Crippen LogP contribution in [0.5, 0.6) is 0 Å². The molecular weight excluding hydrogens is 347 g/mol. The topological polar surface area (TPSA) is 9.23 Å². The molecule has 108 valence electrons. The molecule has 1 aromatic rings. The van der Waals surface area contributed by atoms with Gasteiger partial charge in [-0.15, -0.1) is 0 Å². The van der Waals surface area contributed by atoms with Crippen LogP contribution in [0.1, 0.15) is 62.7 Å².